The Hall–Kier alpha value is -1.80. The van der Waals surface area contributed by atoms with Gasteiger partial charge in [-0.3, -0.25) is 9.97 Å². The van der Waals surface area contributed by atoms with Gasteiger partial charge in [-0.05, 0) is 138 Å². The van der Waals surface area contributed by atoms with E-state index in [0.29, 0.717) is 30.1 Å². The molecule has 13 rings (SSSR count). The van der Waals surface area contributed by atoms with Crippen LogP contribution in [0.25, 0.3) is 0 Å². The van der Waals surface area contributed by atoms with Crippen LogP contribution >= 0.6 is 0 Å². The number of ether oxygens (including phenoxy) is 4. The first-order valence-electron chi connectivity index (χ1n) is 26.0. The Balaban J connectivity index is 0.769. The molecule has 8 aliphatic carbocycles. The van der Waals surface area contributed by atoms with Crippen molar-refractivity contribution in [1.82, 2.24) is 9.97 Å². The lowest BCUT2D eigenvalue weighted by Crippen LogP contribution is -2.65. The lowest BCUT2D eigenvalue weighted by molar-refractivity contribution is -0.280. The molecule has 4 aliphatic heterocycles. The van der Waals surface area contributed by atoms with E-state index >= 15 is 0 Å². The van der Waals surface area contributed by atoms with Crippen LogP contribution in [0, 0.1) is 74.9 Å². The van der Waals surface area contributed by atoms with Gasteiger partial charge in [0.2, 0.25) is 5.79 Å². The second-order valence-corrected chi connectivity index (χ2v) is 26.3. The predicted molar refractivity (Wildman–Crippen MR) is 240 cm³/mol. The average Bonchev–Trinajstić information content (AvgIpc) is 4.00. The number of hydrogen-bond donors (Lipinski definition) is 5. The topological polar surface area (TPSA) is 164 Å². The number of hydrogen-bond acceptors (Lipinski definition) is 11. The van der Waals surface area contributed by atoms with E-state index in [1.54, 1.807) is 6.92 Å². The lowest BCUT2D eigenvalue weighted by atomic mass is 9.44. The van der Waals surface area contributed by atoms with Crippen LogP contribution in [-0.4, -0.2) is 101 Å². The van der Waals surface area contributed by atoms with Crippen molar-refractivity contribution in [2.45, 2.75) is 205 Å². The van der Waals surface area contributed by atoms with E-state index in [2.05, 4.69) is 53.7 Å². The van der Waals surface area contributed by atoms with E-state index in [-0.39, 0.29) is 64.6 Å². The Morgan fingerprint density at radius 2 is 1.29 bits per heavy atom. The zero-order chi connectivity index (χ0) is 45.6. The molecule has 11 heteroatoms. The van der Waals surface area contributed by atoms with E-state index in [9.17, 15) is 25.5 Å². The van der Waals surface area contributed by atoms with Crippen LogP contribution in [0.15, 0.2) is 23.3 Å². The van der Waals surface area contributed by atoms with Gasteiger partial charge in [-0.2, -0.15) is 0 Å². The molecule has 4 saturated carbocycles. The van der Waals surface area contributed by atoms with Crippen LogP contribution in [0.3, 0.4) is 0 Å². The summed E-state index contributed by atoms with van der Waals surface area (Å²) < 4.78 is 26.7. The fourth-order valence-electron chi connectivity index (χ4n) is 19.4. The standard InChI is InChI=1S/C54H76N2O9/c1-26-45-40(62-52(26)15-14-46(3,4)64-52)18-34-30-12-10-28-16-36-38(22-48(28,6)32(30)19-41(58)50(34,45)8)55-37-17-29-11-13-31-33(49(29,7)23-39(37)56-36)20-42(59)51(9)35(31)21-44-53(51,61)27(2)54(63-44)43(60)24-47(5,25-57)65-54/h18,21,26-33,40-45,57-61H,10-17,19-20,22-25H2,1-9H3/t26-,27-,28-,29-,30+,31+,32-,33-,40-,41+,42+,43+,44-,45-,47+,48-,49-,50+,51+,52-,53+,54-/m0/s1. The van der Waals surface area contributed by atoms with E-state index in [4.69, 9.17) is 28.9 Å². The molecule has 11 nitrogen and oxygen atoms in total. The summed E-state index contributed by atoms with van der Waals surface area (Å²) in [6.45, 7) is 19.4. The fraction of sp³-hybridized carbons (Fsp3) is 0.852. The van der Waals surface area contributed by atoms with E-state index in [1.165, 1.54) is 22.7 Å². The monoisotopic (exact) mass is 897 g/mol. The van der Waals surface area contributed by atoms with Gasteiger partial charge in [0.25, 0.3) is 0 Å². The van der Waals surface area contributed by atoms with Gasteiger partial charge in [0, 0.05) is 41.4 Å². The molecule has 22 atom stereocenters. The smallest absolute Gasteiger partial charge is 0.201 e. The van der Waals surface area contributed by atoms with Crippen molar-refractivity contribution in [2.24, 2.45) is 74.9 Å². The molecule has 8 fully saturated rings. The highest BCUT2D eigenvalue weighted by molar-refractivity contribution is 5.44. The van der Waals surface area contributed by atoms with Crippen molar-refractivity contribution < 1.29 is 44.5 Å². The molecule has 0 unspecified atom stereocenters. The average molecular weight is 897 g/mol. The first kappa shape index (κ1) is 43.2. The molecule has 65 heavy (non-hydrogen) atoms. The SMILES string of the molecule is C[C@@H]1[C@]2(O[C@H]3C=C4[C@@H]5CC[C@H]6Cc7nc8c(nc7C[C@]6(C)[C@H]5C[C@@H](O)[C@]4(C)[C@]31O)C[C@@H]1CC[C@H]3C4=C[C@@H]5O[C@]6(CCC(C)(C)O6)[C@@H](C)[C@@H]5[C@@]4(C)[C@H](O)C[C@@H]3[C@@]1(C)C8)O[C@@](C)(CO)C[C@H]2O. The molecule has 0 amide bonds. The summed E-state index contributed by atoms with van der Waals surface area (Å²) in [7, 11) is 0. The fourth-order valence-corrected chi connectivity index (χ4v) is 19.4. The first-order chi connectivity index (χ1) is 30.5. The molecule has 356 valence electrons. The van der Waals surface area contributed by atoms with E-state index < -0.39 is 58.5 Å². The van der Waals surface area contributed by atoms with Crippen LogP contribution in [0.4, 0.5) is 0 Å². The number of fused-ring (bicyclic) bond motifs is 16. The highest BCUT2D eigenvalue weighted by Crippen LogP contribution is 2.73. The summed E-state index contributed by atoms with van der Waals surface area (Å²) in [5.41, 5.74) is 3.25. The highest BCUT2D eigenvalue weighted by Gasteiger charge is 2.79. The molecular weight excluding hydrogens is 821 g/mol. The van der Waals surface area contributed by atoms with Gasteiger partial charge in [0.15, 0.2) is 5.79 Å². The van der Waals surface area contributed by atoms with Crippen LogP contribution in [0.1, 0.15) is 143 Å². The van der Waals surface area contributed by atoms with Gasteiger partial charge in [0.05, 0.1) is 58.9 Å². The summed E-state index contributed by atoms with van der Waals surface area (Å²) in [5.74, 6) is -0.110. The number of rotatable bonds is 1. The zero-order valence-corrected chi connectivity index (χ0v) is 40.4. The highest BCUT2D eigenvalue weighted by atomic mass is 16.7. The summed E-state index contributed by atoms with van der Waals surface area (Å²) >= 11 is 0. The summed E-state index contributed by atoms with van der Waals surface area (Å²) in [6.07, 6.45) is 13.0. The molecule has 1 aromatic heterocycles. The third kappa shape index (κ3) is 5.01. The summed E-state index contributed by atoms with van der Waals surface area (Å²) in [6, 6.07) is 0. The molecule has 0 radical (unpaired) electrons. The van der Waals surface area contributed by atoms with Crippen molar-refractivity contribution in [3.8, 4) is 0 Å². The zero-order valence-electron chi connectivity index (χ0n) is 40.4. The van der Waals surface area contributed by atoms with Crippen LogP contribution < -0.4 is 0 Å². The molecular formula is C54H76N2O9. The molecule has 5 N–H and O–H groups in total. The maximum absolute atomic E-state index is 12.9. The van der Waals surface area contributed by atoms with Crippen molar-refractivity contribution in [3.05, 3.63) is 46.1 Å². The Morgan fingerprint density at radius 1 is 0.692 bits per heavy atom. The first-order valence-corrected chi connectivity index (χ1v) is 26.0. The number of aromatic nitrogens is 2. The molecule has 5 heterocycles. The van der Waals surface area contributed by atoms with Crippen molar-refractivity contribution in [1.29, 1.82) is 0 Å². The number of aliphatic hydroxyl groups excluding tert-OH is 4. The Morgan fingerprint density at radius 3 is 1.86 bits per heavy atom. The minimum Gasteiger partial charge on any atom is -0.393 e. The largest absolute Gasteiger partial charge is 0.393 e. The van der Waals surface area contributed by atoms with Gasteiger partial charge in [-0.1, -0.05) is 64.8 Å². The third-order valence-electron chi connectivity index (χ3n) is 23.2. The van der Waals surface area contributed by atoms with Crippen molar-refractivity contribution >= 4 is 0 Å². The summed E-state index contributed by atoms with van der Waals surface area (Å²) in [5, 5.41) is 59.4. The minimum absolute atomic E-state index is 0.0117. The maximum atomic E-state index is 12.9. The maximum Gasteiger partial charge on any atom is 0.201 e. The van der Waals surface area contributed by atoms with Crippen LogP contribution in [0.2, 0.25) is 0 Å². The molecule has 0 aromatic carbocycles. The molecule has 12 aliphatic rings. The lowest BCUT2D eigenvalue weighted by Gasteiger charge is -2.61. The van der Waals surface area contributed by atoms with Gasteiger partial charge < -0.3 is 44.5 Å². The van der Waals surface area contributed by atoms with E-state index in [1.807, 2.05) is 13.8 Å². The molecule has 4 saturated heterocycles. The Labute approximate surface area is 385 Å². The third-order valence-corrected chi connectivity index (χ3v) is 23.2. The van der Waals surface area contributed by atoms with Gasteiger partial charge in [-0.25, -0.2) is 0 Å². The normalized spacial score (nSPS) is 58.4. The minimum atomic E-state index is -1.48. The van der Waals surface area contributed by atoms with Gasteiger partial charge in [0.1, 0.15) is 17.8 Å². The van der Waals surface area contributed by atoms with E-state index in [0.717, 1.165) is 81.9 Å². The molecule has 2 spiro atoms. The number of nitrogens with zero attached hydrogens (tertiary/aromatic N) is 2. The second kappa shape index (κ2) is 12.9. The quantitative estimate of drug-likeness (QED) is 0.201. The molecule has 1 aromatic rings. The van der Waals surface area contributed by atoms with Crippen molar-refractivity contribution in [3.63, 3.8) is 0 Å². The van der Waals surface area contributed by atoms with Crippen LogP contribution in [0.5, 0.6) is 0 Å². The Kier molecular flexibility index (Phi) is 8.60. The summed E-state index contributed by atoms with van der Waals surface area (Å²) in [4.78, 5) is 11.2. The van der Waals surface area contributed by atoms with Gasteiger partial charge >= 0.3 is 0 Å². The number of aliphatic hydroxyl groups is 5. The Bertz CT molecular complexity index is 2320. The van der Waals surface area contributed by atoms with Crippen LogP contribution in [-0.2, 0) is 44.6 Å². The van der Waals surface area contributed by atoms with Crippen molar-refractivity contribution in [2.75, 3.05) is 6.61 Å². The van der Waals surface area contributed by atoms with Gasteiger partial charge in [-0.15, -0.1) is 0 Å². The predicted octanol–water partition coefficient (Wildman–Crippen LogP) is 6.32. The second-order valence-electron chi connectivity index (χ2n) is 26.3. The molecule has 0 bridgehead atoms.